The van der Waals surface area contributed by atoms with Crippen LogP contribution in [0.1, 0.15) is 44.9 Å². The summed E-state index contributed by atoms with van der Waals surface area (Å²) in [6, 6.07) is 0. The van der Waals surface area contributed by atoms with Gasteiger partial charge < -0.3 is 5.11 Å². The number of hydrogen-bond donors (Lipinski definition) is 1. The van der Waals surface area contributed by atoms with Crippen LogP contribution in [0.15, 0.2) is 0 Å². The van der Waals surface area contributed by atoms with Gasteiger partial charge in [-0.1, -0.05) is 6.42 Å². The van der Waals surface area contributed by atoms with E-state index in [1.807, 2.05) is 0 Å². The molecule has 0 aliphatic heterocycles. The number of carboxylic acids is 1. The Morgan fingerprint density at radius 3 is 2.42 bits per heavy atom. The molecule has 0 heterocycles. The van der Waals surface area contributed by atoms with E-state index in [0.29, 0.717) is 17.6 Å². The van der Waals surface area contributed by atoms with Crippen molar-refractivity contribution in [1.29, 1.82) is 0 Å². The van der Waals surface area contributed by atoms with Crippen LogP contribution in [-0.4, -0.2) is 31.0 Å². The lowest BCUT2D eigenvalue weighted by Gasteiger charge is -2.22. The van der Waals surface area contributed by atoms with Crippen LogP contribution in [0.3, 0.4) is 0 Å². The highest BCUT2D eigenvalue weighted by Gasteiger charge is 2.49. The van der Waals surface area contributed by atoms with Crippen LogP contribution in [0, 0.1) is 23.2 Å². The van der Waals surface area contributed by atoms with Crippen molar-refractivity contribution in [3.05, 3.63) is 0 Å². The third-order valence-electron chi connectivity index (χ3n) is 5.36. The fraction of sp³-hybridized carbons (Fsp3) is 0.929. The standard InChI is InChI=1S/C14H22O4S/c15-13(16)7-14(3-4-14)9-19(17,18)8-12-6-10-1-2-11(12)5-10/h10-12H,1-9H2,(H,15,16). The Kier molecular flexibility index (Phi) is 3.15. The number of sulfone groups is 1. The van der Waals surface area contributed by atoms with Crippen molar-refractivity contribution in [3.8, 4) is 0 Å². The summed E-state index contributed by atoms with van der Waals surface area (Å²) in [5, 5.41) is 8.86. The van der Waals surface area contributed by atoms with Crippen LogP contribution in [0.2, 0.25) is 0 Å². The van der Waals surface area contributed by atoms with Crippen molar-refractivity contribution in [2.75, 3.05) is 11.5 Å². The molecule has 3 unspecified atom stereocenters. The van der Waals surface area contributed by atoms with E-state index in [9.17, 15) is 13.2 Å². The normalized spacial score (nSPS) is 35.5. The Labute approximate surface area is 114 Å². The molecule has 3 aliphatic carbocycles. The van der Waals surface area contributed by atoms with Gasteiger partial charge in [0.25, 0.3) is 0 Å². The molecule has 3 atom stereocenters. The number of carbonyl (C=O) groups is 1. The van der Waals surface area contributed by atoms with E-state index in [0.717, 1.165) is 25.2 Å². The summed E-state index contributed by atoms with van der Waals surface area (Å²) in [4.78, 5) is 10.8. The maximum absolute atomic E-state index is 12.3. The summed E-state index contributed by atoms with van der Waals surface area (Å²) in [5.74, 6) is 1.26. The minimum atomic E-state index is -3.09. The van der Waals surface area contributed by atoms with Gasteiger partial charge >= 0.3 is 5.97 Å². The zero-order valence-electron chi connectivity index (χ0n) is 11.2. The van der Waals surface area contributed by atoms with Crippen LogP contribution in [0.5, 0.6) is 0 Å². The zero-order chi connectivity index (χ0) is 13.7. The van der Waals surface area contributed by atoms with Crippen LogP contribution in [0.25, 0.3) is 0 Å². The maximum atomic E-state index is 12.3. The molecule has 3 aliphatic rings. The molecule has 0 saturated heterocycles. The highest BCUT2D eigenvalue weighted by Crippen LogP contribution is 2.52. The van der Waals surface area contributed by atoms with Crippen molar-refractivity contribution < 1.29 is 18.3 Å². The lowest BCUT2D eigenvalue weighted by atomic mass is 9.90. The van der Waals surface area contributed by atoms with Crippen LogP contribution in [-0.2, 0) is 14.6 Å². The van der Waals surface area contributed by atoms with Gasteiger partial charge in [0, 0.05) is 0 Å². The summed E-state index contributed by atoms with van der Waals surface area (Å²) in [6.45, 7) is 0. The molecule has 0 aromatic heterocycles. The molecule has 0 aromatic carbocycles. The first-order chi connectivity index (χ1) is 8.88. The second-order valence-electron chi connectivity index (χ2n) is 7.06. The monoisotopic (exact) mass is 286 g/mol. The van der Waals surface area contributed by atoms with Gasteiger partial charge in [-0.3, -0.25) is 4.79 Å². The van der Waals surface area contributed by atoms with Gasteiger partial charge in [-0.2, -0.15) is 0 Å². The SMILES string of the molecule is O=C(O)CC1(CS(=O)(=O)CC2CC3CCC2C3)CC1. The summed E-state index contributed by atoms with van der Waals surface area (Å²) >= 11 is 0. The molecule has 0 aromatic rings. The summed E-state index contributed by atoms with van der Waals surface area (Å²) in [7, 11) is -3.09. The maximum Gasteiger partial charge on any atom is 0.303 e. The molecular formula is C14H22O4S. The van der Waals surface area contributed by atoms with Crippen molar-refractivity contribution in [3.63, 3.8) is 0 Å². The van der Waals surface area contributed by atoms with Gasteiger partial charge in [0.2, 0.25) is 0 Å². The third-order valence-corrected chi connectivity index (χ3v) is 7.35. The largest absolute Gasteiger partial charge is 0.481 e. The van der Waals surface area contributed by atoms with E-state index in [4.69, 9.17) is 5.11 Å². The average Bonchev–Trinajstić information content (AvgIpc) is 2.73. The molecule has 3 rings (SSSR count). The summed E-state index contributed by atoms with van der Waals surface area (Å²) in [5.41, 5.74) is -0.428. The highest BCUT2D eigenvalue weighted by atomic mass is 32.2. The molecule has 108 valence electrons. The molecule has 0 spiro atoms. The number of hydrogen-bond acceptors (Lipinski definition) is 3. The van der Waals surface area contributed by atoms with Gasteiger partial charge in [-0.15, -0.1) is 0 Å². The Balaban J connectivity index is 1.59. The van der Waals surface area contributed by atoms with Gasteiger partial charge in [0.05, 0.1) is 17.9 Å². The molecule has 4 nitrogen and oxygen atoms in total. The lowest BCUT2D eigenvalue weighted by Crippen LogP contribution is -2.28. The van der Waals surface area contributed by atoms with E-state index in [1.54, 1.807) is 0 Å². The van der Waals surface area contributed by atoms with Gasteiger partial charge in [-0.05, 0) is 55.3 Å². The molecule has 3 saturated carbocycles. The first-order valence-corrected chi connectivity index (χ1v) is 9.12. The van der Waals surface area contributed by atoms with Gasteiger partial charge in [0.1, 0.15) is 0 Å². The van der Waals surface area contributed by atoms with Crippen molar-refractivity contribution in [1.82, 2.24) is 0 Å². The fourth-order valence-corrected chi connectivity index (χ4v) is 6.80. The zero-order valence-corrected chi connectivity index (χ0v) is 12.0. The minimum Gasteiger partial charge on any atom is -0.481 e. The van der Waals surface area contributed by atoms with Gasteiger partial charge in [-0.25, -0.2) is 8.42 Å². The molecule has 3 fully saturated rings. The first kappa shape index (κ1) is 13.4. The van der Waals surface area contributed by atoms with Crippen LogP contribution >= 0.6 is 0 Å². The number of aliphatic carboxylic acids is 1. The minimum absolute atomic E-state index is 0.0168. The molecule has 2 bridgehead atoms. The molecule has 0 amide bonds. The Morgan fingerprint density at radius 2 is 1.95 bits per heavy atom. The quantitative estimate of drug-likeness (QED) is 0.811. The fourth-order valence-electron chi connectivity index (χ4n) is 4.30. The van der Waals surface area contributed by atoms with Crippen LogP contribution < -0.4 is 0 Å². The third kappa shape index (κ3) is 2.96. The Morgan fingerprint density at radius 1 is 1.21 bits per heavy atom. The van der Waals surface area contributed by atoms with E-state index in [1.165, 1.54) is 19.3 Å². The first-order valence-electron chi connectivity index (χ1n) is 7.30. The van der Waals surface area contributed by atoms with Crippen molar-refractivity contribution in [2.45, 2.75) is 44.9 Å². The predicted octanol–water partition coefficient (Wildman–Crippen LogP) is 2.09. The summed E-state index contributed by atoms with van der Waals surface area (Å²) < 4.78 is 24.6. The molecule has 0 radical (unpaired) electrons. The van der Waals surface area contributed by atoms with Gasteiger partial charge in [0.15, 0.2) is 9.84 Å². The van der Waals surface area contributed by atoms with E-state index in [-0.39, 0.29) is 12.2 Å². The second kappa shape index (κ2) is 4.47. The Bertz CT molecular complexity index is 478. The number of rotatable bonds is 6. The molecule has 19 heavy (non-hydrogen) atoms. The van der Waals surface area contributed by atoms with E-state index >= 15 is 0 Å². The predicted molar refractivity (Wildman–Crippen MR) is 71.5 cm³/mol. The lowest BCUT2D eigenvalue weighted by molar-refractivity contribution is -0.138. The molecule has 1 N–H and O–H groups in total. The number of fused-ring (bicyclic) bond motifs is 2. The highest BCUT2D eigenvalue weighted by molar-refractivity contribution is 7.91. The van der Waals surface area contributed by atoms with E-state index in [2.05, 4.69) is 0 Å². The van der Waals surface area contributed by atoms with E-state index < -0.39 is 21.2 Å². The second-order valence-corrected chi connectivity index (χ2v) is 9.17. The average molecular weight is 286 g/mol. The Hall–Kier alpha value is -0.580. The van der Waals surface area contributed by atoms with Crippen LogP contribution in [0.4, 0.5) is 0 Å². The smallest absolute Gasteiger partial charge is 0.303 e. The van der Waals surface area contributed by atoms with Crippen molar-refractivity contribution in [2.24, 2.45) is 23.2 Å². The topological polar surface area (TPSA) is 71.4 Å². The number of carboxylic acid groups (broad SMARTS) is 1. The summed E-state index contributed by atoms with van der Waals surface area (Å²) in [6.07, 6.45) is 6.32. The van der Waals surface area contributed by atoms with Crippen molar-refractivity contribution >= 4 is 15.8 Å². The molecule has 5 heteroatoms. The molecular weight excluding hydrogens is 264 g/mol.